The molecule has 1 amide bonds. The van der Waals surface area contributed by atoms with E-state index in [-0.39, 0.29) is 33.0 Å². The van der Waals surface area contributed by atoms with Crippen LogP contribution in [-0.4, -0.2) is 28.9 Å². The highest BCUT2D eigenvalue weighted by Gasteiger charge is 2.49. The minimum atomic E-state index is -1.06. The van der Waals surface area contributed by atoms with Crippen molar-refractivity contribution >= 4 is 55.5 Å². The molecule has 2 aromatic carbocycles. The van der Waals surface area contributed by atoms with Gasteiger partial charge in [-0.05, 0) is 40.6 Å². The Kier molecular flexibility index (Phi) is 6.12. The fourth-order valence-corrected chi connectivity index (χ4v) is 6.09. The number of hydrogen-bond acceptors (Lipinski definition) is 7. The fourth-order valence-electron chi connectivity index (χ4n) is 4.26. The van der Waals surface area contributed by atoms with E-state index in [2.05, 4.69) is 4.98 Å². The third kappa shape index (κ3) is 4.19. The second-order valence-electron chi connectivity index (χ2n) is 9.58. The number of carbonyl (C=O) groups is 2. The third-order valence-electron chi connectivity index (χ3n) is 6.20. The minimum Gasteiger partial charge on any atom is -0.507 e. The first-order valence-electron chi connectivity index (χ1n) is 11.3. The van der Waals surface area contributed by atoms with Crippen LogP contribution in [0.4, 0.5) is 13.9 Å². The second-order valence-corrected chi connectivity index (χ2v) is 11.6. The molecule has 10 heteroatoms. The van der Waals surface area contributed by atoms with Gasteiger partial charge in [0.15, 0.2) is 16.8 Å². The topological polar surface area (TPSA) is 79.7 Å². The molecule has 1 saturated heterocycles. The van der Waals surface area contributed by atoms with Crippen LogP contribution in [0.5, 0.6) is 5.75 Å². The average molecular weight is 541 g/mol. The van der Waals surface area contributed by atoms with Gasteiger partial charge in [-0.1, -0.05) is 44.2 Å². The van der Waals surface area contributed by atoms with Crippen molar-refractivity contribution in [1.82, 2.24) is 4.98 Å². The third-order valence-corrected chi connectivity index (χ3v) is 8.15. The van der Waals surface area contributed by atoms with Crippen molar-refractivity contribution < 1.29 is 28.2 Å². The molecule has 1 unspecified atom stereocenters. The van der Waals surface area contributed by atoms with E-state index in [9.17, 15) is 23.5 Å². The van der Waals surface area contributed by atoms with Crippen LogP contribution in [0.15, 0.2) is 53.4 Å². The number of fused-ring (bicyclic) bond motifs is 1. The van der Waals surface area contributed by atoms with Crippen LogP contribution < -0.4 is 9.64 Å². The Morgan fingerprint density at radius 3 is 2.49 bits per heavy atom. The maximum Gasteiger partial charge on any atom is 0.301 e. The number of thiophene rings is 1. The zero-order valence-electron chi connectivity index (χ0n) is 20.3. The number of ether oxygens (including phenoxy) is 1. The summed E-state index contributed by atoms with van der Waals surface area (Å²) in [5.41, 5.74) is 0.959. The summed E-state index contributed by atoms with van der Waals surface area (Å²) in [5.74, 6) is -3.92. The summed E-state index contributed by atoms with van der Waals surface area (Å²) in [5, 5.41) is 13.4. The molecule has 4 aromatic rings. The molecular weight excluding hydrogens is 518 g/mol. The molecule has 0 aliphatic carbocycles. The first kappa shape index (κ1) is 25.0. The number of amides is 1. The summed E-state index contributed by atoms with van der Waals surface area (Å²) in [6, 6.07) is 9.82. The highest BCUT2D eigenvalue weighted by molar-refractivity contribution is 7.22. The van der Waals surface area contributed by atoms with Crippen LogP contribution in [0.1, 0.15) is 42.8 Å². The molecule has 6 nitrogen and oxygen atoms in total. The van der Waals surface area contributed by atoms with Crippen molar-refractivity contribution in [2.45, 2.75) is 32.2 Å². The average Bonchev–Trinajstić information content (AvgIpc) is 3.57. The predicted molar refractivity (Wildman–Crippen MR) is 140 cm³/mol. The van der Waals surface area contributed by atoms with E-state index in [4.69, 9.17) is 4.74 Å². The number of anilines is 1. The van der Waals surface area contributed by atoms with E-state index < -0.39 is 29.4 Å². The van der Waals surface area contributed by atoms with Gasteiger partial charge >= 0.3 is 5.91 Å². The van der Waals surface area contributed by atoms with Crippen LogP contribution in [0.2, 0.25) is 0 Å². The highest BCUT2D eigenvalue weighted by atomic mass is 32.1. The van der Waals surface area contributed by atoms with Crippen LogP contribution in [-0.2, 0) is 15.0 Å². The Bertz CT molecular complexity index is 1550. The number of methoxy groups -OCH3 is 1. The van der Waals surface area contributed by atoms with Crippen LogP contribution >= 0.6 is 22.7 Å². The van der Waals surface area contributed by atoms with E-state index in [1.165, 1.54) is 23.3 Å². The molecule has 0 saturated carbocycles. The number of nitrogens with zero attached hydrogens (tertiary/aromatic N) is 2. The monoisotopic (exact) mass is 540 g/mol. The molecule has 0 bridgehead atoms. The van der Waals surface area contributed by atoms with Gasteiger partial charge in [0, 0.05) is 10.9 Å². The van der Waals surface area contributed by atoms with Gasteiger partial charge in [-0.2, -0.15) is 0 Å². The molecule has 37 heavy (non-hydrogen) atoms. The molecule has 1 aliphatic rings. The van der Waals surface area contributed by atoms with E-state index in [0.717, 1.165) is 29.0 Å². The number of carbonyl (C=O) groups excluding carboxylic acids is 2. The van der Waals surface area contributed by atoms with Gasteiger partial charge in [0.1, 0.15) is 17.6 Å². The smallest absolute Gasteiger partial charge is 0.301 e. The number of aromatic nitrogens is 1. The molecule has 5 rings (SSSR count). The van der Waals surface area contributed by atoms with Crippen molar-refractivity contribution in [3.05, 3.63) is 81.1 Å². The summed E-state index contributed by atoms with van der Waals surface area (Å²) in [6.07, 6.45) is 0. The number of thiazole rings is 1. The number of aliphatic hydroxyl groups excluding tert-OH is 1. The number of rotatable bonds is 4. The quantitative estimate of drug-likeness (QED) is 0.180. The maximum absolute atomic E-state index is 13.8. The van der Waals surface area contributed by atoms with Crippen molar-refractivity contribution in [2.24, 2.45) is 0 Å². The standard InChI is InChI=1S/C27H22F2N2O4S2/c1-27(2,3)13-7-8-18(35-4)14(10-13)23(32)21-22(19-6-5-9-36-19)31(25(34)24(21)33)26-30-17-11-15(28)16(29)12-20(17)37-26/h5-12,22,32H,1-4H3/b23-21+. The molecule has 1 N–H and O–H groups in total. The molecule has 3 heterocycles. The zero-order chi connectivity index (χ0) is 26.6. The number of halogens is 2. The van der Waals surface area contributed by atoms with E-state index in [1.54, 1.807) is 29.6 Å². The van der Waals surface area contributed by atoms with E-state index in [0.29, 0.717) is 15.3 Å². The summed E-state index contributed by atoms with van der Waals surface area (Å²) in [6.45, 7) is 6.05. The lowest BCUT2D eigenvalue weighted by Crippen LogP contribution is -2.28. The Hall–Kier alpha value is -3.63. The van der Waals surface area contributed by atoms with Crippen LogP contribution in [0.3, 0.4) is 0 Å². The lowest BCUT2D eigenvalue weighted by Gasteiger charge is -2.23. The number of ketones is 1. The van der Waals surface area contributed by atoms with Gasteiger partial charge in [-0.15, -0.1) is 11.3 Å². The van der Waals surface area contributed by atoms with E-state index >= 15 is 0 Å². The van der Waals surface area contributed by atoms with Crippen molar-refractivity contribution in [3.8, 4) is 5.75 Å². The van der Waals surface area contributed by atoms with Gasteiger partial charge in [0.05, 0.1) is 28.5 Å². The molecule has 190 valence electrons. The number of benzene rings is 2. The fraction of sp³-hybridized carbons (Fsp3) is 0.222. The van der Waals surface area contributed by atoms with Crippen molar-refractivity contribution in [3.63, 3.8) is 0 Å². The molecule has 0 spiro atoms. The molecular formula is C27H22F2N2O4S2. The van der Waals surface area contributed by atoms with Gasteiger partial charge in [0.2, 0.25) is 0 Å². The second kappa shape index (κ2) is 9.04. The Balaban J connectivity index is 1.74. The van der Waals surface area contributed by atoms with E-state index in [1.807, 2.05) is 26.8 Å². The lowest BCUT2D eigenvalue weighted by molar-refractivity contribution is -0.132. The Morgan fingerprint density at radius 1 is 1.11 bits per heavy atom. The SMILES string of the molecule is COc1ccc(C(C)(C)C)cc1/C(O)=C1\C(=O)C(=O)N(c2nc3cc(F)c(F)cc3s2)C1c1cccs1. The molecule has 1 fully saturated rings. The highest BCUT2D eigenvalue weighted by Crippen LogP contribution is 2.46. The Morgan fingerprint density at radius 2 is 1.84 bits per heavy atom. The summed E-state index contributed by atoms with van der Waals surface area (Å²) < 4.78 is 33.4. The number of Topliss-reactive ketones (excluding diaryl/α,β-unsaturated/α-hetero) is 1. The Labute approximate surface area is 219 Å². The first-order chi connectivity index (χ1) is 17.5. The normalized spacial score (nSPS) is 17.7. The predicted octanol–water partition coefficient (Wildman–Crippen LogP) is 6.57. The van der Waals surface area contributed by atoms with Gasteiger partial charge in [-0.3, -0.25) is 14.5 Å². The van der Waals surface area contributed by atoms with Crippen LogP contribution in [0, 0.1) is 11.6 Å². The maximum atomic E-state index is 13.8. The molecule has 1 aliphatic heterocycles. The summed E-state index contributed by atoms with van der Waals surface area (Å²) >= 11 is 2.26. The largest absolute Gasteiger partial charge is 0.507 e. The van der Waals surface area contributed by atoms with Crippen LogP contribution in [0.25, 0.3) is 16.0 Å². The van der Waals surface area contributed by atoms with Gasteiger partial charge in [-0.25, -0.2) is 13.8 Å². The van der Waals surface area contributed by atoms with Gasteiger partial charge < -0.3 is 9.84 Å². The number of aliphatic hydroxyl groups is 1. The zero-order valence-corrected chi connectivity index (χ0v) is 22.0. The number of hydrogen-bond donors (Lipinski definition) is 1. The summed E-state index contributed by atoms with van der Waals surface area (Å²) in [4.78, 5) is 32.9. The van der Waals surface area contributed by atoms with Crippen molar-refractivity contribution in [2.75, 3.05) is 12.0 Å². The minimum absolute atomic E-state index is 0.0926. The molecule has 1 atom stereocenters. The van der Waals surface area contributed by atoms with Gasteiger partial charge in [0.25, 0.3) is 5.78 Å². The molecule has 0 radical (unpaired) electrons. The first-order valence-corrected chi connectivity index (χ1v) is 13.0. The summed E-state index contributed by atoms with van der Waals surface area (Å²) in [7, 11) is 1.46. The lowest BCUT2D eigenvalue weighted by atomic mass is 9.85. The van der Waals surface area contributed by atoms with Crippen molar-refractivity contribution in [1.29, 1.82) is 0 Å². The molecule has 2 aromatic heterocycles.